The van der Waals surface area contributed by atoms with Gasteiger partial charge in [-0.05, 0) is 52.9 Å². The second-order valence-electron chi connectivity index (χ2n) is 7.59. The highest BCUT2D eigenvalue weighted by Gasteiger charge is 2.19. The summed E-state index contributed by atoms with van der Waals surface area (Å²) in [6, 6.07) is 19.2. The van der Waals surface area contributed by atoms with Crippen LogP contribution in [0.5, 0.6) is 5.75 Å². The van der Waals surface area contributed by atoms with E-state index in [1.807, 2.05) is 60.7 Å². The number of methoxy groups -OCH3 is 1. The summed E-state index contributed by atoms with van der Waals surface area (Å²) < 4.78 is 10.5. The topological polar surface area (TPSA) is 64.6 Å². The molecular weight excluding hydrogens is 378 g/mol. The summed E-state index contributed by atoms with van der Waals surface area (Å²) >= 11 is 0. The summed E-state index contributed by atoms with van der Waals surface area (Å²) in [6.45, 7) is 5.58. The molecule has 0 saturated heterocycles. The van der Waals surface area contributed by atoms with Gasteiger partial charge in [0.05, 0.1) is 13.0 Å². The van der Waals surface area contributed by atoms with Gasteiger partial charge in [-0.1, -0.05) is 56.3 Å². The van der Waals surface area contributed by atoms with E-state index in [1.54, 1.807) is 14.0 Å². The molecule has 0 fully saturated rings. The van der Waals surface area contributed by atoms with Gasteiger partial charge in [0.1, 0.15) is 5.75 Å². The van der Waals surface area contributed by atoms with Gasteiger partial charge in [-0.25, -0.2) is 0 Å². The maximum Gasteiger partial charge on any atom is 0.313 e. The van der Waals surface area contributed by atoms with Crippen LogP contribution >= 0.6 is 0 Å². The lowest BCUT2D eigenvalue weighted by molar-refractivity contribution is -0.148. The molecule has 0 heterocycles. The Labute approximate surface area is 177 Å². The first-order valence-corrected chi connectivity index (χ1v) is 10.0. The molecule has 1 amide bonds. The maximum atomic E-state index is 12.5. The standard InChI is InChI=1S/C25H27NO4/c1-16(2)22-7-5-6-8-23(22)26-24(27)15-30-25(28)17(3)18-9-10-20-14-21(29-4)12-11-19(20)13-18/h5-14,16-17H,15H2,1-4H3,(H,26,27)/t17-/m0/s1. The van der Waals surface area contributed by atoms with Crippen LogP contribution in [0.2, 0.25) is 0 Å². The Hall–Kier alpha value is -3.34. The fourth-order valence-electron chi connectivity index (χ4n) is 3.34. The van der Waals surface area contributed by atoms with Crippen molar-refractivity contribution in [2.45, 2.75) is 32.6 Å². The van der Waals surface area contributed by atoms with Gasteiger partial charge in [0.15, 0.2) is 6.61 Å². The number of hydrogen-bond acceptors (Lipinski definition) is 4. The van der Waals surface area contributed by atoms with E-state index >= 15 is 0 Å². The van der Waals surface area contributed by atoms with E-state index in [0.29, 0.717) is 0 Å². The van der Waals surface area contributed by atoms with Crippen molar-refractivity contribution < 1.29 is 19.1 Å². The van der Waals surface area contributed by atoms with Gasteiger partial charge in [-0.3, -0.25) is 9.59 Å². The number of anilines is 1. The summed E-state index contributed by atoms with van der Waals surface area (Å²) in [4.78, 5) is 24.8. The number of hydrogen-bond donors (Lipinski definition) is 1. The highest BCUT2D eigenvalue weighted by molar-refractivity contribution is 5.94. The molecule has 5 heteroatoms. The van der Waals surface area contributed by atoms with Crippen molar-refractivity contribution in [2.75, 3.05) is 19.0 Å². The second kappa shape index (κ2) is 9.44. The van der Waals surface area contributed by atoms with Crippen LogP contribution in [0.1, 0.15) is 43.7 Å². The van der Waals surface area contributed by atoms with Gasteiger partial charge >= 0.3 is 5.97 Å². The van der Waals surface area contributed by atoms with E-state index in [9.17, 15) is 9.59 Å². The maximum absolute atomic E-state index is 12.5. The molecule has 0 aliphatic rings. The van der Waals surface area contributed by atoms with Gasteiger partial charge in [0, 0.05) is 5.69 Å². The molecule has 0 radical (unpaired) electrons. The Morgan fingerprint density at radius 1 is 0.933 bits per heavy atom. The zero-order valence-corrected chi connectivity index (χ0v) is 17.8. The zero-order valence-electron chi connectivity index (χ0n) is 17.8. The molecule has 0 saturated carbocycles. The fourth-order valence-corrected chi connectivity index (χ4v) is 3.34. The molecule has 3 aromatic rings. The number of amides is 1. The molecule has 3 rings (SSSR count). The van der Waals surface area contributed by atoms with Crippen molar-refractivity contribution in [1.29, 1.82) is 0 Å². The number of carbonyl (C=O) groups excluding carboxylic acids is 2. The van der Waals surface area contributed by atoms with E-state index in [2.05, 4.69) is 19.2 Å². The Morgan fingerprint density at radius 3 is 2.37 bits per heavy atom. The van der Waals surface area contributed by atoms with Gasteiger partial charge in [-0.15, -0.1) is 0 Å². The number of para-hydroxylation sites is 1. The number of ether oxygens (including phenoxy) is 2. The highest BCUT2D eigenvalue weighted by atomic mass is 16.5. The molecule has 5 nitrogen and oxygen atoms in total. The Balaban J connectivity index is 1.62. The van der Waals surface area contributed by atoms with Crippen LogP contribution in [0.4, 0.5) is 5.69 Å². The van der Waals surface area contributed by atoms with Crippen LogP contribution in [0.3, 0.4) is 0 Å². The molecule has 0 aromatic heterocycles. The largest absolute Gasteiger partial charge is 0.497 e. The van der Waals surface area contributed by atoms with Crippen molar-refractivity contribution >= 4 is 28.3 Å². The van der Waals surface area contributed by atoms with Crippen molar-refractivity contribution in [3.63, 3.8) is 0 Å². The average molecular weight is 405 g/mol. The first kappa shape index (κ1) is 21.4. The average Bonchev–Trinajstić information content (AvgIpc) is 2.76. The number of esters is 1. The van der Waals surface area contributed by atoms with E-state index in [-0.39, 0.29) is 18.4 Å². The van der Waals surface area contributed by atoms with Crippen LogP contribution in [-0.4, -0.2) is 25.6 Å². The van der Waals surface area contributed by atoms with Crippen molar-refractivity contribution in [3.8, 4) is 5.75 Å². The summed E-state index contributed by atoms with van der Waals surface area (Å²) in [7, 11) is 1.63. The summed E-state index contributed by atoms with van der Waals surface area (Å²) in [5.74, 6) is -0.207. The minimum absolute atomic E-state index is 0.275. The first-order chi connectivity index (χ1) is 14.4. The van der Waals surface area contributed by atoms with Crippen LogP contribution in [0.25, 0.3) is 10.8 Å². The summed E-state index contributed by atoms with van der Waals surface area (Å²) in [5.41, 5.74) is 2.62. The monoisotopic (exact) mass is 405 g/mol. The summed E-state index contributed by atoms with van der Waals surface area (Å²) in [5, 5.41) is 4.87. The molecule has 1 atom stereocenters. The number of fused-ring (bicyclic) bond motifs is 1. The molecular formula is C25H27NO4. The van der Waals surface area contributed by atoms with Crippen molar-refractivity contribution in [1.82, 2.24) is 0 Å². The third-order valence-corrected chi connectivity index (χ3v) is 5.13. The minimum Gasteiger partial charge on any atom is -0.497 e. The van der Waals surface area contributed by atoms with E-state index in [0.717, 1.165) is 33.3 Å². The van der Waals surface area contributed by atoms with Crippen LogP contribution in [0.15, 0.2) is 60.7 Å². The van der Waals surface area contributed by atoms with E-state index in [4.69, 9.17) is 9.47 Å². The SMILES string of the molecule is COc1ccc2cc([C@H](C)C(=O)OCC(=O)Nc3ccccc3C(C)C)ccc2c1. The van der Waals surface area contributed by atoms with Gasteiger partial charge in [-0.2, -0.15) is 0 Å². The minimum atomic E-state index is -0.479. The molecule has 156 valence electrons. The number of benzene rings is 3. The lowest BCUT2D eigenvalue weighted by atomic mass is 9.98. The molecule has 0 bridgehead atoms. The first-order valence-electron chi connectivity index (χ1n) is 10.0. The molecule has 30 heavy (non-hydrogen) atoms. The number of nitrogens with one attached hydrogen (secondary N) is 1. The van der Waals surface area contributed by atoms with Crippen molar-refractivity contribution in [2.24, 2.45) is 0 Å². The molecule has 0 aliphatic carbocycles. The Kier molecular flexibility index (Phi) is 6.72. The lowest BCUT2D eigenvalue weighted by Crippen LogP contribution is -2.23. The molecule has 3 aromatic carbocycles. The zero-order chi connectivity index (χ0) is 21.7. The quantitative estimate of drug-likeness (QED) is 0.545. The highest BCUT2D eigenvalue weighted by Crippen LogP contribution is 2.26. The van der Waals surface area contributed by atoms with Gasteiger partial charge < -0.3 is 14.8 Å². The van der Waals surface area contributed by atoms with Crippen LogP contribution in [-0.2, 0) is 14.3 Å². The Morgan fingerprint density at radius 2 is 1.63 bits per heavy atom. The van der Waals surface area contributed by atoms with Gasteiger partial charge in [0.2, 0.25) is 0 Å². The molecule has 0 aliphatic heterocycles. The Bertz CT molecular complexity index is 1060. The third kappa shape index (κ3) is 4.98. The summed E-state index contributed by atoms with van der Waals surface area (Å²) in [6.07, 6.45) is 0. The smallest absolute Gasteiger partial charge is 0.313 e. The number of rotatable bonds is 7. The van der Waals surface area contributed by atoms with Crippen LogP contribution < -0.4 is 10.1 Å². The molecule has 1 N–H and O–H groups in total. The van der Waals surface area contributed by atoms with Crippen LogP contribution in [0, 0.1) is 0 Å². The fraction of sp³-hybridized carbons (Fsp3) is 0.280. The third-order valence-electron chi connectivity index (χ3n) is 5.13. The predicted molar refractivity (Wildman–Crippen MR) is 119 cm³/mol. The predicted octanol–water partition coefficient (Wildman–Crippen LogP) is 5.26. The molecule has 0 spiro atoms. The van der Waals surface area contributed by atoms with E-state index in [1.165, 1.54) is 0 Å². The second-order valence-corrected chi connectivity index (χ2v) is 7.59. The number of carbonyl (C=O) groups is 2. The lowest BCUT2D eigenvalue weighted by Gasteiger charge is -2.15. The van der Waals surface area contributed by atoms with Crippen molar-refractivity contribution in [3.05, 3.63) is 71.8 Å². The van der Waals surface area contributed by atoms with E-state index < -0.39 is 11.9 Å². The van der Waals surface area contributed by atoms with Gasteiger partial charge in [0.25, 0.3) is 5.91 Å². The normalized spacial score (nSPS) is 11.9. The molecule has 0 unspecified atom stereocenters.